The normalized spacial score (nSPS) is 46.5. The first-order valence-corrected chi connectivity index (χ1v) is 9.05. The number of rotatable bonds is 0. The molecule has 2 heteroatoms. The average molecular weight is 302 g/mol. The number of aliphatic hydroxyl groups excluding tert-OH is 1. The fraction of sp³-hybridized carbons (Fsp3) is 0.800. The quantitative estimate of drug-likeness (QED) is 0.754. The molecule has 0 spiro atoms. The van der Waals surface area contributed by atoms with Gasteiger partial charge in [-0.15, -0.1) is 0 Å². The Labute approximate surface area is 134 Å². The summed E-state index contributed by atoms with van der Waals surface area (Å²) in [5, 5.41) is 10.6. The summed E-state index contributed by atoms with van der Waals surface area (Å²) in [4.78, 5) is 0. The van der Waals surface area contributed by atoms with E-state index in [0.29, 0.717) is 17.3 Å². The molecule has 1 aromatic heterocycles. The largest absolute Gasteiger partial charge is 0.468 e. The van der Waals surface area contributed by atoms with Gasteiger partial charge in [-0.1, -0.05) is 27.7 Å². The highest BCUT2D eigenvalue weighted by molar-refractivity contribution is 5.32. The van der Waals surface area contributed by atoms with Gasteiger partial charge in [-0.05, 0) is 72.8 Å². The highest BCUT2D eigenvalue weighted by atomic mass is 16.3. The molecule has 5 atom stereocenters. The molecule has 0 radical (unpaired) electrons. The Bertz CT molecular complexity index is 586. The second kappa shape index (κ2) is 4.41. The van der Waals surface area contributed by atoms with Gasteiger partial charge in [0.2, 0.25) is 0 Å². The molecule has 2 fully saturated rings. The summed E-state index contributed by atoms with van der Waals surface area (Å²) in [6, 6.07) is 2.18. The molecule has 2 unspecified atom stereocenters. The third-order valence-electron chi connectivity index (χ3n) is 7.99. The molecular weight excluding hydrogens is 272 g/mol. The summed E-state index contributed by atoms with van der Waals surface area (Å²) in [6.45, 7) is 9.55. The molecule has 122 valence electrons. The molecule has 3 aliphatic carbocycles. The topological polar surface area (TPSA) is 33.4 Å². The first kappa shape index (κ1) is 14.8. The first-order valence-electron chi connectivity index (χ1n) is 9.05. The lowest BCUT2D eigenvalue weighted by Gasteiger charge is -2.64. The van der Waals surface area contributed by atoms with Crippen molar-refractivity contribution < 1.29 is 9.52 Å². The maximum absolute atomic E-state index is 10.6. The van der Waals surface area contributed by atoms with Gasteiger partial charge in [0.1, 0.15) is 5.76 Å². The van der Waals surface area contributed by atoms with Crippen LogP contribution in [0.15, 0.2) is 16.7 Å². The van der Waals surface area contributed by atoms with E-state index in [4.69, 9.17) is 4.42 Å². The van der Waals surface area contributed by atoms with Crippen LogP contribution < -0.4 is 0 Å². The van der Waals surface area contributed by atoms with Gasteiger partial charge in [0.25, 0.3) is 0 Å². The fourth-order valence-electron chi connectivity index (χ4n) is 6.79. The Kier molecular flexibility index (Phi) is 2.97. The highest BCUT2D eigenvalue weighted by Crippen LogP contribution is 2.66. The van der Waals surface area contributed by atoms with Crippen molar-refractivity contribution in [3.05, 3.63) is 23.7 Å². The minimum absolute atomic E-state index is 0.0395. The van der Waals surface area contributed by atoms with Crippen LogP contribution >= 0.6 is 0 Å². The second-order valence-corrected chi connectivity index (χ2v) is 9.26. The van der Waals surface area contributed by atoms with E-state index in [2.05, 4.69) is 33.8 Å². The smallest absolute Gasteiger partial charge is 0.113 e. The van der Waals surface area contributed by atoms with Crippen LogP contribution in [0.5, 0.6) is 0 Å². The van der Waals surface area contributed by atoms with Gasteiger partial charge in [-0.25, -0.2) is 0 Å². The Morgan fingerprint density at radius 3 is 2.59 bits per heavy atom. The fourth-order valence-corrected chi connectivity index (χ4v) is 6.79. The Hall–Kier alpha value is -0.760. The SMILES string of the molecule is CC1(C)C2CC[C@@]3(C)c4occc4CCC3[C@@]2(C)CC[C@@H]1O. The molecule has 0 saturated heterocycles. The molecule has 2 saturated carbocycles. The van der Waals surface area contributed by atoms with Crippen molar-refractivity contribution in [1.29, 1.82) is 0 Å². The predicted octanol–water partition coefficient (Wildman–Crippen LogP) is 4.70. The second-order valence-electron chi connectivity index (χ2n) is 9.26. The third kappa shape index (κ3) is 1.65. The summed E-state index contributed by atoms with van der Waals surface area (Å²) in [5.41, 5.74) is 2.01. The van der Waals surface area contributed by atoms with Gasteiger partial charge in [0.05, 0.1) is 12.4 Å². The van der Waals surface area contributed by atoms with Crippen LogP contribution in [0.25, 0.3) is 0 Å². The van der Waals surface area contributed by atoms with Crippen LogP contribution in [0, 0.1) is 22.7 Å². The third-order valence-corrected chi connectivity index (χ3v) is 7.99. The molecule has 1 heterocycles. The summed E-state index contributed by atoms with van der Waals surface area (Å²) in [7, 11) is 0. The number of aliphatic hydroxyl groups is 1. The lowest BCUT2D eigenvalue weighted by atomic mass is 9.41. The number of furan rings is 1. The number of fused-ring (bicyclic) bond motifs is 5. The summed E-state index contributed by atoms with van der Waals surface area (Å²) >= 11 is 0. The zero-order valence-electron chi connectivity index (χ0n) is 14.5. The van der Waals surface area contributed by atoms with Crippen molar-refractivity contribution in [1.82, 2.24) is 0 Å². The molecule has 1 aromatic rings. The molecule has 22 heavy (non-hydrogen) atoms. The molecule has 0 aromatic carbocycles. The van der Waals surface area contributed by atoms with E-state index in [1.165, 1.54) is 37.0 Å². The highest BCUT2D eigenvalue weighted by Gasteiger charge is 2.62. The summed E-state index contributed by atoms with van der Waals surface area (Å²) in [5.74, 6) is 2.58. The maximum atomic E-state index is 10.6. The molecule has 4 rings (SSSR count). The van der Waals surface area contributed by atoms with Crippen molar-refractivity contribution in [3.63, 3.8) is 0 Å². The number of hydrogen-bond acceptors (Lipinski definition) is 2. The van der Waals surface area contributed by atoms with Gasteiger partial charge in [0.15, 0.2) is 0 Å². The van der Waals surface area contributed by atoms with E-state index < -0.39 is 0 Å². The van der Waals surface area contributed by atoms with E-state index in [9.17, 15) is 5.11 Å². The van der Waals surface area contributed by atoms with Crippen LogP contribution in [0.3, 0.4) is 0 Å². The van der Waals surface area contributed by atoms with Crippen LogP contribution in [-0.4, -0.2) is 11.2 Å². The first-order chi connectivity index (χ1) is 10.3. The van der Waals surface area contributed by atoms with Crippen LogP contribution in [-0.2, 0) is 11.8 Å². The minimum atomic E-state index is -0.141. The summed E-state index contributed by atoms with van der Waals surface area (Å²) in [6.07, 6.45) is 8.73. The molecule has 0 bridgehead atoms. The van der Waals surface area contributed by atoms with E-state index in [1.54, 1.807) is 0 Å². The molecule has 1 N–H and O–H groups in total. The maximum Gasteiger partial charge on any atom is 0.113 e. The Morgan fingerprint density at radius 1 is 1.05 bits per heavy atom. The zero-order valence-corrected chi connectivity index (χ0v) is 14.5. The summed E-state index contributed by atoms with van der Waals surface area (Å²) < 4.78 is 5.98. The van der Waals surface area contributed by atoms with Crippen molar-refractivity contribution in [2.45, 2.75) is 77.7 Å². The van der Waals surface area contributed by atoms with Crippen molar-refractivity contribution in [2.75, 3.05) is 0 Å². The molecule has 0 aliphatic heterocycles. The van der Waals surface area contributed by atoms with Gasteiger partial charge >= 0.3 is 0 Å². The van der Waals surface area contributed by atoms with E-state index in [0.717, 1.165) is 12.8 Å². The standard InChI is InChI=1S/C20H30O2/c1-18(2)14-7-10-20(4)15(19(14,3)11-8-16(18)21)6-5-13-9-12-22-17(13)20/h9,12,14-16,21H,5-8,10-11H2,1-4H3/t14?,15?,16-,19-,20+/m0/s1. The molecule has 2 nitrogen and oxygen atoms in total. The van der Waals surface area contributed by atoms with Crippen molar-refractivity contribution >= 4 is 0 Å². The van der Waals surface area contributed by atoms with Crippen LogP contribution in [0.4, 0.5) is 0 Å². The van der Waals surface area contributed by atoms with E-state index in [1.807, 2.05) is 6.26 Å². The molecule has 3 aliphatic rings. The van der Waals surface area contributed by atoms with E-state index in [-0.39, 0.29) is 16.9 Å². The zero-order chi connectivity index (χ0) is 15.8. The van der Waals surface area contributed by atoms with Gasteiger partial charge in [0, 0.05) is 5.41 Å². The van der Waals surface area contributed by atoms with Crippen molar-refractivity contribution in [3.8, 4) is 0 Å². The number of aryl methyl sites for hydroxylation is 1. The van der Waals surface area contributed by atoms with Crippen LogP contribution in [0.2, 0.25) is 0 Å². The molecule has 0 amide bonds. The molecular formula is C20H30O2. The average Bonchev–Trinajstić information content (AvgIpc) is 2.93. The number of hydrogen-bond donors (Lipinski definition) is 1. The lowest BCUT2D eigenvalue weighted by Crippen LogP contribution is -2.60. The van der Waals surface area contributed by atoms with Gasteiger partial charge < -0.3 is 9.52 Å². The van der Waals surface area contributed by atoms with Gasteiger partial charge in [-0.2, -0.15) is 0 Å². The Morgan fingerprint density at radius 2 is 1.82 bits per heavy atom. The lowest BCUT2D eigenvalue weighted by molar-refractivity contribution is -0.160. The Balaban J connectivity index is 1.79. The van der Waals surface area contributed by atoms with E-state index >= 15 is 0 Å². The van der Waals surface area contributed by atoms with Gasteiger partial charge in [-0.3, -0.25) is 0 Å². The monoisotopic (exact) mass is 302 g/mol. The predicted molar refractivity (Wildman–Crippen MR) is 87.7 cm³/mol. The van der Waals surface area contributed by atoms with Crippen molar-refractivity contribution in [2.24, 2.45) is 22.7 Å². The minimum Gasteiger partial charge on any atom is -0.468 e. The van der Waals surface area contributed by atoms with Crippen LogP contribution in [0.1, 0.15) is 71.1 Å².